The second-order valence-electron chi connectivity index (χ2n) is 23.0. The fourth-order valence-electron chi connectivity index (χ4n) is 13.0. The monoisotopic (exact) mass is 924 g/mol. The Morgan fingerprint density at radius 1 is 0.306 bits per heavy atom. The van der Waals surface area contributed by atoms with Crippen LogP contribution in [0, 0.1) is 0 Å². The summed E-state index contributed by atoms with van der Waals surface area (Å²) < 4.78 is 0. The summed E-state index contributed by atoms with van der Waals surface area (Å²) in [6.07, 6.45) is 4.15. The Bertz CT molecular complexity index is 3840. The average molecular weight is 925 g/mol. The Hall–Kier alpha value is -7.80. The minimum absolute atomic E-state index is 0.103. The summed E-state index contributed by atoms with van der Waals surface area (Å²) in [5.41, 5.74) is 22.8. The zero-order chi connectivity index (χ0) is 49.6. The van der Waals surface area contributed by atoms with Crippen molar-refractivity contribution in [1.82, 2.24) is 0 Å². The third-order valence-electron chi connectivity index (χ3n) is 17.6. The molecule has 11 aromatic rings. The van der Waals surface area contributed by atoms with Crippen molar-refractivity contribution in [3.8, 4) is 66.8 Å². The molecule has 348 valence electrons. The molecule has 0 amide bonds. The number of rotatable bonds is 8. The van der Waals surface area contributed by atoms with Crippen LogP contribution in [0.1, 0.15) is 88.8 Å². The molecule has 0 bridgehead atoms. The summed E-state index contributed by atoms with van der Waals surface area (Å²) in [5, 5.41) is 10.3. The van der Waals surface area contributed by atoms with Gasteiger partial charge in [0.1, 0.15) is 0 Å². The Morgan fingerprint density at radius 3 is 1.07 bits per heavy atom. The van der Waals surface area contributed by atoms with E-state index in [1.165, 1.54) is 143 Å². The summed E-state index contributed by atoms with van der Waals surface area (Å²) in [7, 11) is 0. The van der Waals surface area contributed by atoms with Gasteiger partial charge in [-0.3, -0.25) is 0 Å². The highest BCUT2D eigenvalue weighted by Crippen LogP contribution is 2.54. The molecule has 0 aromatic heterocycles. The quantitative estimate of drug-likeness (QED) is 0.0809. The van der Waals surface area contributed by atoms with Crippen LogP contribution in [0.25, 0.3) is 110 Å². The van der Waals surface area contributed by atoms with Crippen molar-refractivity contribution in [2.45, 2.75) is 77.0 Å². The van der Waals surface area contributed by atoms with E-state index >= 15 is 0 Å². The lowest BCUT2D eigenvalue weighted by atomic mass is 9.78. The maximum absolute atomic E-state index is 4.27. The SMILES string of the molecule is C=CC(C)(C)c1ccc(-c2ccc3c4cccc5c(-c6ccc(C(C)(C)C=C)cc6-c6ccc7c(c6)C(C)(C)c6ccccc6-7)ccc(c6cccc2c63)c54)c(-c2ccc3c(c2)C(C)(C)c2ccccc2-3)c1. The average Bonchev–Trinajstić information content (AvgIpc) is 3.78. The maximum Gasteiger partial charge on any atom is 0.0159 e. The van der Waals surface area contributed by atoms with E-state index in [0.717, 1.165) is 0 Å². The lowest BCUT2D eigenvalue weighted by Crippen LogP contribution is -2.15. The van der Waals surface area contributed by atoms with Gasteiger partial charge in [-0.15, -0.1) is 13.2 Å². The van der Waals surface area contributed by atoms with Crippen LogP contribution in [0.4, 0.5) is 0 Å². The Kier molecular flexibility index (Phi) is 9.42. The molecule has 0 N–H and O–H groups in total. The van der Waals surface area contributed by atoms with E-state index in [1.807, 2.05) is 0 Å². The molecule has 72 heavy (non-hydrogen) atoms. The van der Waals surface area contributed by atoms with Gasteiger partial charge in [-0.2, -0.15) is 0 Å². The second kappa shape index (κ2) is 15.4. The van der Waals surface area contributed by atoms with Crippen molar-refractivity contribution < 1.29 is 0 Å². The number of benzene rings is 11. The molecule has 2 aliphatic rings. The molecule has 0 aliphatic heterocycles. The summed E-state index contributed by atoms with van der Waals surface area (Å²) in [6.45, 7) is 27.1. The van der Waals surface area contributed by atoms with Crippen molar-refractivity contribution in [2.75, 3.05) is 0 Å². The van der Waals surface area contributed by atoms with Gasteiger partial charge < -0.3 is 0 Å². The molecule has 13 rings (SSSR count). The fraction of sp³-hybridized carbons (Fsp3) is 0.167. The number of fused-ring (bicyclic) bond motifs is 8. The molecule has 0 fully saturated rings. The Labute approximate surface area is 425 Å². The molecule has 0 spiro atoms. The first-order chi connectivity index (χ1) is 34.6. The molecule has 11 aromatic carbocycles. The molecule has 2 aliphatic carbocycles. The number of hydrogen-bond donors (Lipinski definition) is 0. The topological polar surface area (TPSA) is 0 Å². The van der Waals surface area contributed by atoms with Crippen molar-refractivity contribution in [3.63, 3.8) is 0 Å². The summed E-state index contributed by atoms with van der Waals surface area (Å²) >= 11 is 0. The van der Waals surface area contributed by atoms with Crippen LogP contribution in [0.2, 0.25) is 0 Å². The van der Waals surface area contributed by atoms with E-state index < -0.39 is 0 Å². The van der Waals surface area contributed by atoms with Crippen molar-refractivity contribution >= 4 is 43.1 Å². The Balaban J connectivity index is 1.01. The number of allylic oxidation sites excluding steroid dienone is 2. The van der Waals surface area contributed by atoms with Gasteiger partial charge in [-0.25, -0.2) is 0 Å². The van der Waals surface area contributed by atoms with Gasteiger partial charge in [0.2, 0.25) is 0 Å². The van der Waals surface area contributed by atoms with E-state index in [-0.39, 0.29) is 21.7 Å². The summed E-state index contributed by atoms with van der Waals surface area (Å²) in [6, 6.07) is 70.0. The van der Waals surface area contributed by atoms with Crippen LogP contribution >= 0.6 is 0 Å². The smallest absolute Gasteiger partial charge is 0.0159 e. The Morgan fingerprint density at radius 2 is 0.653 bits per heavy atom. The summed E-state index contributed by atoms with van der Waals surface area (Å²) in [4.78, 5) is 0. The molecular formula is C72H60. The van der Waals surface area contributed by atoms with Gasteiger partial charge in [0.05, 0.1) is 0 Å². The highest BCUT2D eigenvalue weighted by molar-refractivity contribution is 6.35. The first-order valence-electron chi connectivity index (χ1n) is 25.8. The van der Waals surface area contributed by atoms with Crippen LogP contribution in [-0.4, -0.2) is 0 Å². The minimum Gasteiger partial charge on any atom is -0.102 e. The fourth-order valence-corrected chi connectivity index (χ4v) is 13.0. The largest absolute Gasteiger partial charge is 0.102 e. The van der Waals surface area contributed by atoms with E-state index in [4.69, 9.17) is 0 Å². The lowest BCUT2D eigenvalue weighted by Gasteiger charge is -2.25. The third-order valence-corrected chi connectivity index (χ3v) is 17.6. The van der Waals surface area contributed by atoms with Gasteiger partial charge >= 0.3 is 0 Å². The molecule has 0 heterocycles. The predicted molar refractivity (Wildman–Crippen MR) is 311 cm³/mol. The predicted octanol–water partition coefficient (Wildman–Crippen LogP) is 19.9. The van der Waals surface area contributed by atoms with Crippen LogP contribution in [0.15, 0.2) is 207 Å². The zero-order valence-corrected chi connectivity index (χ0v) is 42.9. The molecule has 0 atom stereocenters. The van der Waals surface area contributed by atoms with Crippen LogP contribution in [0.5, 0.6) is 0 Å². The molecule has 0 heteroatoms. The van der Waals surface area contributed by atoms with E-state index in [9.17, 15) is 0 Å². The van der Waals surface area contributed by atoms with Gasteiger partial charge in [0.15, 0.2) is 0 Å². The normalized spacial score (nSPS) is 14.4. The second-order valence-corrected chi connectivity index (χ2v) is 23.0. The third kappa shape index (κ3) is 6.18. The van der Waals surface area contributed by atoms with Crippen molar-refractivity contribution in [3.05, 3.63) is 241 Å². The van der Waals surface area contributed by atoms with Gasteiger partial charge in [0, 0.05) is 21.7 Å². The van der Waals surface area contributed by atoms with Crippen molar-refractivity contribution in [1.29, 1.82) is 0 Å². The van der Waals surface area contributed by atoms with Gasteiger partial charge in [0.25, 0.3) is 0 Å². The van der Waals surface area contributed by atoms with E-state index in [0.29, 0.717) is 0 Å². The molecule has 0 saturated heterocycles. The summed E-state index contributed by atoms with van der Waals surface area (Å²) in [5.74, 6) is 0. The molecular weight excluding hydrogens is 865 g/mol. The minimum atomic E-state index is -0.198. The van der Waals surface area contributed by atoms with Gasteiger partial charge in [-0.1, -0.05) is 225 Å². The zero-order valence-electron chi connectivity index (χ0n) is 42.9. The molecule has 0 saturated carbocycles. The highest BCUT2D eigenvalue weighted by Gasteiger charge is 2.37. The van der Waals surface area contributed by atoms with E-state index in [2.05, 4.69) is 263 Å². The van der Waals surface area contributed by atoms with Crippen molar-refractivity contribution in [2.24, 2.45) is 0 Å². The van der Waals surface area contributed by atoms with Crippen LogP contribution < -0.4 is 0 Å². The van der Waals surface area contributed by atoms with Gasteiger partial charge in [-0.05, 0) is 167 Å². The maximum atomic E-state index is 4.27. The highest BCUT2D eigenvalue weighted by atomic mass is 14.4. The molecule has 0 radical (unpaired) electrons. The first-order valence-corrected chi connectivity index (χ1v) is 25.8. The standard InChI is InChI=1S/C72H60/c1-11-69(3,4)45-29-33-49(61(41-45)43-27-31-53-51-19-13-15-25-63(51)71(7,8)65(53)39-43)47-35-37-59-58-24-18-22-56-48(36-38-60(68(56)58)57-23-17-21-55(47)67(57)59)50-34-30-46(70(5,6)12-2)42-62(50)44-28-32-54-52-20-14-16-26-64(52)72(9,10)66(54)40-44/h11-42H,1-2H2,3-10H3. The number of hydrogen-bond acceptors (Lipinski definition) is 0. The molecule has 0 nitrogen and oxygen atoms in total. The molecule has 0 unspecified atom stereocenters. The van der Waals surface area contributed by atoms with Crippen LogP contribution in [0.3, 0.4) is 0 Å². The van der Waals surface area contributed by atoms with Crippen LogP contribution in [-0.2, 0) is 21.7 Å². The lowest BCUT2D eigenvalue weighted by molar-refractivity contribution is 0.660. The van der Waals surface area contributed by atoms with E-state index in [1.54, 1.807) is 0 Å². The first kappa shape index (κ1) is 44.2.